The molecule has 3 aromatic rings. The van der Waals surface area contributed by atoms with Crippen LogP contribution < -0.4 is 10.6 Å². The highest BCUT2D eigenvalue weighted by atomic mass is 32.1. The minimum atomic E-state index is 0.491. The standard InChI is InChI=1S/C20H26N4S/c1-15(19-10-6-12-25-19)13-24-20(21-2)22-11-5-7-16-14-23-18-9-4-3-8-17(16)18/h3-4,6,8-10,12,14-15,23H,5,7,11,13H2,1-2H3,(H2,21,22,24). The first kappa shape index (κ1) is 17.5. The second-order valence-corrected chi connectivity index (χ2v) is 7.24. The van der Waals surface area contributed by atoms with Crippen LogP contribution in [0.15, 0.2) is 53.0 Å². The van der Waals surface area contributed by atoms with Crippen LogP contribution in [0.4, 0.5) is 0 Å². The molecule has 0 saturated heterocycles. The van der Waals surface area contributed by atoms with Crippen molar-refractivity contribution in [3.05, 3.63) is 58.4 Å². The molecule has 0 aliphatic rings. The van der Waals surface area contributed by atoms with Crippen molar-refractivity contribution in [1.82, 2.24) is 15.6 Å². The van der Waals surface area contributed by atoms with Crippen LogP contribution in [0.1, 0.15) is 29.7 Å². The number of aromatic nitrogens is 1. The fourth-order valence-corrected chi connectivity index (χ4v) is 3.75. The minimum Gasteiger partial charge on any atom is -0.361 e. The number of thiophene rings is 1. The van der Waals surface area contributed by atoms with E-state index < -0.39 is 0 Å². The van der Waals surface area contributed by atoms with E-state index in [1.165, 1.54) is 21.3 Å². The van der Waals surface area contributed by atoms with E-state index in [9.17, 15) is 0 Å². The van der Waals surface area contributed by atoms with Crippen LogP contribution in [-0.2, 0) is 6.42 Å². The maximum atomic E-state index is 4.32. The van der Waals surface area contributed by atoms with Crippen molar-refractivity contribution in [3.63, 3.8) is 0 Å². The molecule has 0 radical (unpaired) electrons. The smallest absolute Gasteiger partial charge is 0.190 e. The van der Waals surface area contributed by atoms with Gasteiger partial charge >= 0.3 is 0 Å². The van der Waals surface area contributed by atoms with Crippen LogP contribution in [0.2, 0.25) is 0 Å². The summed E-state index contributed by atoms with van der Waals surface area (Å²) in [6, 6.07) is 12.8. The summed E-state index contributed by atoms with van der Waals surface area (Å²) in [4.78, 5) is 9.06. The van der Waals surface area contributed by atoms with Crippen molar-refractivity contribution < 1.29 is 0 Å². The van der Waals surface area contributed by atoms with E-state index in [0.29, 0.717) is 5.92 Å². The number of hydrogen-bond donors (Lipinski definition) is 3. The molecule has 4 nitrogen and oxygen atoms in total. The molecule has 1 unspecified atom stereocenters. The van der Waals surface area contributed by atoms with E-state index in [4.69, 9.17) is 0 Å². The SMILES string of the molecule is CN=C(NCCCc1c[nH]c2ccccc12)NCC(C)c1cccs1. The van der Waals surface area contributed by atoms with Crippen molar-refractivity contribution in [2.24, 2.45) is 4.99 Å². The lowest BCUT2D eigenvalue weighted by atomic mass is 10.1. The first-order valence-electron chi connectivity index (χ1n) is 8.81. The summed E-state index contributed by atoms with van der Waals surface area (Å²) < 4.78 is 0. The number of aliphatic imine (C=N–C) groups is 1. The number of para-hydroxylation sites is 1. The predicted octanol–water partition coefficient (Wildman–Crippen LogP) is 4.13. The molecule has 0 saturated carbocycles. The van der Waals surface area contributed by atoms with Crippen LogP contribution >= 0.6 is 11.3 Å². The summed E-state index contributed by atoms with van der Waals surface area (Å²) in [6.07, 6.45) is 4.25. The Labute approximate surface area is 153 Å². The number of fused-ring (bicyclic) bond motifs is 1. The summed E-state index contributed by atoms with van der Waals surface area (Å²) in [7, 11) is 1.82. The van der Waals surface area contributed by atoms with Crippen molar-refractivity contribution >= 4 is 28.2 Å². The van der Waals surface area contributed by atoms with Gasteiger partial charge in [-0.1, -0.05) is 31.2 Å². The Kier molecular flexibility index (Phi) is 6.12. The lowest BCUT2D eigenvalue weighted by Gasteiger charge is -2.15. The molecule has 0 aliphatic heterocycles. The van der Waals surface area contributed by atoms with Gasteiger partial charge in [0.2, 0.25) is 0 Å². The highest BCUT2D eigenvalue weighted by molar-refractivity contribution is 7.10. The average molecular weight is 355 g/mol. The number of nitrogens with one attached hydrogen (secondary N) is 3. The quantitative estimate of drug-likeness (QED) is 0.339. The third kappa shape index (κ3) is 4.63. The number of aromatic amines is 1. The largest absolute Gasteiger partial charge is 0.361 e. The predicted molar refractivity (Wildman–Crippen MR) is 109 cm³/mol. The molecule has 5 heteroatoms. The molecule has 132 valence electrons. The van der Waals surface area contributed by atoms with Crippen molar-refractivity contribution in [2.75, 3.05) is 20.1 Å². The monoisotopic (exact) mass is 354 g/mol. The van der Waals surface area contributed by atoms with Gasteiger partial charge in [-0.3, -0.25) is 4.99 Å². The van der Waals surface area contributed by atoms with Crippen LogP contribution in [0.25, 0.3) is 10.9 Å². The molecular weight excluding hydrogens is 328 g/mol. The Hall–Kier alpha value is -2.27. The summed E-state index contributed by atoms with van der Waals surface area (Å²) in [5.74, 6) is 1.37. The summed E-state index contributed by atoms with van der Waals surface area (Å²) in [6.45, 7) is 4.04. The number of hydrogen-bond acceptors (Lipinski definition) is 2. The second kappa shape index (κ2) is 8.72. The number of H-pyrrole nitrogens is 1. The zero-order valence-electron chi connectivity index (χ0n) is 14.9. The van der Waals surface area contributed by atoms with Crippen LogP contribution in [0.5, 0.6) is 0 Å². The fraction of sp³-hybridized carbons (Fsp3) is 0.350. The third-order valence-electron chi connectivity index (χ3n) is 4.42. The van der Waals surface area contributed by atoms with E-state index in [0.717, 1.165) is 31.9 Å². The Balaban J connectivity index is 1.41. The molecule has 1 atom stereocenters. The van der Waals surface area contributed by atoms with Gasteiger partial charge in [0.1, 0.15) is 0 Å². The molecule has 1 aromatic carbocycles. The van der Waals surface area contributed by atoms with Crippen molar-refractivity contribution in [3.8, 4) is 0 Å². The number of aryl methyl sites for hydroxylation is 1. The number of nitrogens with zero attached hydrogens (tertiary/aromatic N) is 1. The molecular formula is C20H26N4S. The molecule has 3 N–H and O–H groups in total. The van der Waals surface area contributed by atoms with E-state index in [2.05, 4.69) is 75.5 Å². The molecule has 25 heavy (non-hydrogen) atoms. The zero-order valence-corrected chi connectivity index (χ0v) is 15.7. The zero-order chi connectivity index (χ0) is 17.5. The average Bonchev–Trinajstić information content (AvgIpc) is 3.31. The van der Waals surface area contributed by atoms with Crippen molar-refractivity contribution in [1.29, 1.82) is 0 Å². The van der Waals surface area contributed by atoms with Gasteiger partial charge in [-0.2, -0.15) is 0 Å². The van der Waals surface area contributed by atoms with Gasteiger partial charge in [0.25, 0.3) is 0 Å². The normalized spacial score (nSPS) is 13.1. The van der Waals surface area contributed by atoms with E-state index in [-0.39, 0.29) is 0 Å². The van der Waals surface area contributed by atoms with Crippen LogP contribution in [-0.4, -0.2) is 31.1 Å². The third-order valence-corrected chi connectivity index (χ3v) is 5.52. The Morgan fingerprint density at radius 1 is 1.20 bits per heavy atom. The maximum Gasteiger partial charge on any atom is 0.190 e. The van der Waals surface area contributed by atoms with Crippen LogP contribution in [0.3, 0.4) is 0 Å². The Morgan fingerprint density at radius 2 is 2.08 bits per heavy atom. The number of rotatable bonds is 7. The van der Waals surface area contributed by atoms with E-state index in [1.807, 2.05) is 18.4 Å². The maximum absolute atomic E-state index is 4.32. The first-order valence-corrected chi connectivity index (χ1v) is 9.69. The van der Waals surface area contributed by atoms with Gasteiger partial charge in [-0.15, -0.1) is 11.3 Å². The lowest BCUT2D eigenvalue weighted by Crippen LogP contribution is -2.39. The van der Waals surface area contributed by atoms with Crippen molar-refractivity contribution in [2.45, 2.75) is 25.7 Å². The summed E-state index contributed by atoms with van der Waals surface area (Å²) >= 11 is 1.81. The second-order valence-electron chi connectivity index (χ2n) is 6.26. The summed E-state index contributed by atoms with van der Waals surface area (Å²) in [5.41, 5.74) is 2.59. The first-order chi connectivity index (χ1) is 12.3. The van der Waals surface area contributed by atoms with Gasteiger partial charge < -0.3 is 15.6 Å². The van der Waals surface area contributed by atoms with Gasteiger partial charge in [-0.25, -0.2) is 0 Å². The topological polar surface area (TPSA) is 52.2 Å². The molecule has 2 heterocycles. The Morgan fingerprint density at radius 3 is 2.88 bits per heavy atom. The molecule has 0 spiro atoms. The lowest BCUT2D eigenvalue weighted by molar-refractivity contribution is 0.696. The summed E-state index contributed by atoms with van der Waals surface area (Å²) in [5, 5.41) is 10.3. The molecule has 0 aliphatic carbocycles. The minimum absolute atomic E-state index is 0.491. The van der Waals surface area contributed by atoms with Gasteiger partial charge in [-0.05, 0) is 35.9 Å². The molecule has 0 amide bonds. The fourth-order valence-electron chi connectivity index (χ4n) is 2.97. The molecule has 2 aromatic heterocycles. The molecule has 0 bridgehead atoms. The van der Waals surface area contributed by atoms with Gasteiger partial charge in [0, 0.05) is 48.0 Å². The number of benzene rings is 1. The van der Waals surface area contributed by atoms with Gasteiger partial charge in [0.15, 0.2) is 5.96 Å². The van der Waals surface area contributed by atoms with E-state index >= 15 is 0 Å². The molecule has 3 rings (SSSR count). The molecule has 0 fully saturated rings. The highest BCUT2D eigenvalue weighted by Gasteiger charge is 2.07. The van der Waals surface area contributed by atoms with Crippen LogP contribution in [0, 0.1) is 0 Å². The number of guanidine groups is 1. The highest BCUT2D eigenvalue weighted by Crippen LogP contribution is 2.20. The van der Waals surface area contributed by atoms with Gasteiger partial charge in [0.05, 0.1) is 0 Å². The Bertz CT molecular complexity index is 804. The van der Waals surface area contributed by atoms with E-state index in [1.54, 1.807) is 0 Å².